The van der Waals surface area contributed by atoms with E-state index < -0.39 is 0 Å². The van der Waals surface area contributed by atoms with Crippen LogP contribution in [-0.2, 0) is 6.42 Å². The molecule has 3 heterocycles. The number of carbonyl (C=O) groups excluding carboxylic acids is 1. The summed E-state index contributed by atoms with van der Waals surface area (Å²) in [5.74, 6) is 1.57. The summed E-state index contributed by atoms with van der Waals surface area (Å²) in [6, 6.07) is 7.51. The second-order valence-electron chi connectivity index (χ2n) is 7.90. The molecule has 3 unspecified atom stereocenters. The first kappa shape index (κ1) is 16.7. The zero-order chi connectivity index (χ0) is 17.6. The van der Waals surface area contributed by atoms with Crippen molar-refractivity contribution in [2.45, 2.75) is 37.8 Å². The van der Waals surface area contributed by atoms with Gasteiger partial charge in [-0.15, -0.1) is 0 Å². The molecule has 2 saturated heterocycles. The summed E-state index contributed by atoms with van der Waals surface area (Å²) in [6.07, 6.45) is 4.54. The second-order valence-corrected chi connectivity index (χ2v) is 7.90. The molecule has 0 spiro atoms. The molecule has 4 rings (SSSR count). The minimum atomic E-state index is 0.175. The number of hydrogen-bond acceptors (Lipinski definition) is 3. The Bertz CT molecular complexity index is 660. The van der Waals surface area contributed by atoms with Crippen molar-refractivity contribution in [3.05, 3.63) is 29.3 Å². The number of hydrogen-bond donors (Lipinski definition) is 0. The molecule has 0 radical (unpaired) electrons. The number of fused-ring (bicyclic) bond motifs is 4. The summed E-state index contributed by atoms with van der Waals surface area (Å²) in [7, 11) is 5.46. The molecular weight excluding hydrogens is 314 g/mol. The molecule has 0 aromatic heterocycles. The normalized spacial score (nSPS) is 28.6. The molecule has 0 N–H and O–H groups in total. The number of amides is 2. The van der Waals surface area contributed by atoms with Crippen molar-refractivity contribution in [3.63, 3.8) is 0 Å². The Balaban J connectivity index is 1.62. The van der Waals surface area contributed by atoms with Gasteiger partial charge in [-0.05, 0) is 54.9 Å². The largest absolute Gasteiger partial charge is 0.497 e. The highest BCUT2D eigenvalue weighted by atomic mass is 16.5. The van der Waals surface area contributed by atoms with Crippen LogP contribution in [0.1, 0.15) is 36.4 Å². The molecule has 2 amide bonds. The van der Waals surface area contributed by atoms with Crippen molar-refractivity contribution in [3.8, 4) is 5.75 Å². The SMILES string of the molecule is COc1ccc2c(c1)CCN1CC3CCCN(C(=O)N(C)C)C3CC21. The lowest BCUT2D eigenvalue weighted by Gasteiger charge is -2.52. The highest BCUT2D eigenvalue weighted by Gasteiger charge is 2.44. The molecule has 25 heavy (non-hydrogen) atoms. The van der Waals surface area contributed by atoms with Gasteiger partial charge in [0.15, 0.2) is 0 Å². The molecule has 0 saturated carbocycles. The van der Waals surface area contributed by atoms with Gasteiger partial charge in [0.1, 0.15) is 5.75 Å². The number of carbonyl (C=O) groups is 1. The molecule has 1 aromatic rings. The lowest BCUT2D eigenvalue weighted by molar-refractivity contribution is 0.00108. The molecule has 1 aromatic carbocycles. The maximum atomic E-state index is 12.7. The summed E-state index contributed by atoms with van der Waals surface area (Å²) >= 11 is 0. The highest BCUT2D eigenvalue weighted by molar-refractivity contribution is 5.74. The standard InChI is InChI=1S/C20H29N3O2/c1-21(2)20(24)23-9-4-5-15-13-22-10-8-14-11-16(25-3)6-7-17(14)19(22)12-18(15)23/h6-7,11,15,18-19H,4-5,8-10,12-13H2,1-3H3. The maximum Gasteiger partial charge on any atom is 0.319 e. The molecular formula is C20H29N3O2. The summed E-state index contributed by atoms with van der Waals surface area (Å²) in [6.45, 7) is 3.15. The quantitative estimate of drug-likeness (QED) is 0.787. The summed E-state index contributed by atoms with van der Waals surface area (Å²) in [5, 5.41) is 0. The minimum Gasteiger partial charge on any atom is -0.497 e. The van der Waals surface area contributed by atoms with Crippen LogP contribution < -0.4 is 4.74 Å². The number of rotatable bonds is 1. The van der Waals surface area contributed by atoms with Crippen LogP contribution in [0.25, 0.3) is 0 Å². The van der Waals surface area contributed by atoms with Crippen LogP contribution >= 0.6 is 0 Å². The number of benzene rings is 1. The van der Waals surface area contributed by atoms with Crippen LogP contribution in [0.4, 0.5) is 4.79 Å². The topological polar surface area (TPSA) is 36.0 Å². The third-order valence-corrected chi connectivity index (χ3v) is 6.30. The number of urea groups is 1. The van der Waals surface area contributed by atoms with E-state index in [1.807, 2.05) is 14.1 Å². The predicted molar refractivity (Wildman–Crippen MR) is 97.9 cm³/mol. The van der Waals surface area contributed by atoms with Crippen molar-refractivity contribution in [1.29, 1.82) is 0 Å². The number of nitrogens with zero attached hydrogens (tertiary/aromatic N) is 3. The zero-order valence-electron chi connectivity index (χ0n) is 15.6. The van der Waals surface area contributed by atoms with E-state index >= 15 is 0 Å². The first-order valence-electron chi connectivity index (χ1n) is 9.47. The molecule has 3 atom stereocenters. The van der Waals surface area contributed by atoms with Crippen LogP contribution in [0.2, 0.25) is 0 Å². The molecule has 0 aliphatic carbocycles. The minimum absolute atomic E-state index is 0.175. The Kier molecular flexibility index (Phi) is 4.36. The fourth-order valence-electron chi connectivity index (χ4n) is 5.06. The Hall–Kier alpha value is -1.75. The monoisotopic (exact) mass is 343 g/mol. The Morgan fingerprint density at radius 1 is 1.28 bits per heavy atom. The summed E-state index contributed by atoms with van der Waals surface area (Å²) < 4.78 is 5.41. The zero-order valence-corrected chi connectivity index (χ0v) is 15.6. The number of piperidine rings is 2. The van der Waals surface area contributed by atoms with Gasteiger partial charge >= 0.3 is 6.03 Å². The van der Waals surface area contributed by atoms with Crippen molar-refractivity contribution in [2.75, 3.05) is 40.8 Å². The molecule has 5 heteroatoms. The van der Waals surface area contributed by atoms with Gasteiger partial charge in [0.2, 0.25) is 0 Å². The first-order chi connectivity index (χ1) is 12.1. The van der Waals surface area contributed by atoms with Crippen LogP contribution in [0.15, 0.2) is 18.2 Å². The van der Waals surface area contributed by atoms with Gasteiger partial charge in [-0.2, -0.15) is 0 Å². The average molecular weight is 343 g/mol. The molecule has 3 aliphatic heterocycles. The Morgan fingerprint density at radius 2 is 2.12 bits per heavy atom. The maximum absolute atomic E-state index is 12.7. The summed E-state index contributed by atoms with van der Waals surface area (Å²) in [4.78, 5) is 19.2. The van der Waals surface area contributed by atoms with Crippen molar-refractivity contribution < 1.29 is 9.53 Å². The van der Waals surface area contributed by atoms with Crippen molar-refractivity contribution in [1.82, 2.24) is 14.7 Å². The lowest BCUT2D eigenvalue weighted by Crippen LogP contribution is -2.59. The third kappa shape index (κ3) is 2.88. The number of ether oxygens (including phenoxy) is 1. The van der Waals surface area contributed by atoms with Crippen LogP contribution in [-0.4, -0.2) is 67.6 Å². The fourth-order valence-corrected chi connectivity index (χ4v) is 5.06. The third-order valence-electron chi connectivity index (χ3n) is 6.30. The average Bonchev–Trinajstić information content (AvgIpc) is 2.64. The Morgan fingerprint density at radius 3 is 2.88 bits per heavy atom. The molecule has 0 bridgehead atoms. The van der Waals surface area contributed by atoms with E-state index in [4.69, 9.17) is 4.74 Å². The van der Waals surface area contributed by atoms with Crippen LogP contribution in [0.3, 0.4) is 0 Å². The van der Waals surface area contributed by atoms with E-state index in [1.165, 1.54) is 17.5 Å². The van der Waals surface area contributed by atoms with Gasteiger partial charge in [-0.3, -0.25) is 4.90 Å². The van der Waals surface area contributed by atoms with E-state index in [0.29, 0.717) is 18.0 Å². The van der Waals surface area contributed by atoms with E-state index in [1.54, 1.807) is 12.0 Å². The predicted octanol–water partition coefficient (Wildman–Crippen LogP) is 2.76. The highest BCUT2D eigenvalue weighted by Crippen LogP contribution is 2.43. The first-order valence-corrected chi connectivity index (χ1v) is 9.47. The molecule has 5 nitrogen and oxygen atoms in total. The fraction of sp³-hybridized carbons (Fsp3) is 0.650. The van der Waals surface area contributed by atoms with E-state index in [-0.39, 0.29) is 6.03 Å². The van der Waals surface area contributed by atoms with Crippen LogP contribution in [0, 0.1) is 5.92 Å². The second kappa shape index (κ2) is 6.52. The molecule has 136 valence electrons. The number of likely N-dealkylation sites (tertiary alicyclic amines) is 1. The van der Waals surface area contributed by atoms with Gasteiger partial charge in [0, 0.05) is 45.8 Å². The van der Waals surface area contributed by atoms with Gasteiger partial charge in [-0.25, -0.2) is 4.79 Å². The smallest absolute Gasteiger partial charge is 0.319 e. The van der Waals surface area contributed by atoms with E-state index in [9.17, 15) is 4.79 Å². The van der Waals surface area contributed by atoms with Crippen molar-refractivity contribution >= 4 is 6.03 Å². The Labute approximate surface area is 150 Å². The molecule has 2 fully saturated rings. The van der Waals surface area contributed by atoms with Crippen LogP contribution in [0.5, 0.6) is 5.75 Å². The van der Waals surface area contributed by atoms with Gasteiger partial charge in [0.05, 0.1) is 7.11 Å². The van der Waals surface area contributed by atoms with Gasteiger partial charge in [-0.1, -0.05) is 6.07 Å². The van der Waals surface area contributed by atoms with E-state index in [2.05, 4.69) is 28.0 Å². The number of methoxy groups -OCH3 is 1. The summed E-state index contributed by atoms with van der Waals surface area (Å²) in [5.41, 5.74) is 2.86. The van der Waals surface area contributed by atoms with Gasteiger partial charge < -0.3 is 14.5 Å². The van der Waals surface area contributed by atoms with Gasteiger partial charge in [0.25, 0.3) is 0 Å². The molecule has 3 aliphatic rings. The lowest BCUT2D eigenvalue weighted by atomic mass is 9.76. The van der Waals surface area contributed by atoms with Crippen molar-refractivity contribution in [2.24, 2.45) is 5.92 Å². The van der Waals surface area contributed by atoms with E-state index in [0.717, 1.165) is 44.6 Å².